The maximum atomic E-state index is 13.5. The van der Waals surface area contributed by atoms with E-state index in [1.54, 1.807) is 60.7 Å². The van der Waals surface area contributed by atoms with Crippen molar-refractivity contribution < 1.29 is 57.3 Å². The first-order valence-corrected chi connectivity index (χ1v) is 16.8. The molecular formula is C38H36N2O12S. The minimum absolute atomic E-state index is 0.121. The van der Waals surface area contributed by atoms with Gasteiger partial charge in [-0.05, 0) is 65.7 Å². The fourth-order valence-electron chi connectivity index (χ4n) is 6.08. The SMILES string of the molecule is COc1cc(C=O)cc(OC)c1OC.COc1cc(CC2=C(c3ccc4nsnc4c3)C(=O)OC2(O)c2ccc3c(c2)OCCO3)cc(OC)c1OC. The summed E-state index contributed by atoms with van der Waals surface area (Å²) < 4.78 is 57.4. The van der Waals surface area contributed by atoms with Crippen LogP contribution in [0.4, 0.5) is 0 Å². The Morgan fingerprint density at radius 3 is 1.91 bits per heavy atom. The van der Waals surface area contributed by atoms with E-state index >= 15 is 0 Å². The highest BCUT2D eigenvalue weighted by molar-refractivity contribution is 7.00. The Balaban J connectivity index is 0.000000290. The number of aliphatic hydroxyl groups is 1. The zero-order chi connectivity index (χ0) is 37.7. The molecule has 0 spiro atoms. The summed E-state index contributed by atoms with van der Waals surface area (Å²) in [6.45, 7) is 0.797. The number of nitrogens with zero attached hydrogens (tertiary/aromatic N) is 2. The van der Waals surface area contributed by atoms with Gasteiger partial charge in [-0.25, -0.2) is 4.79 Å². The minimum Gasteiger partial charge on any atom is -0.493 e. The third-order valence-corrected chi connectivity index (χ3v) is 9.12. The lowest BCUT2D eigenvalue weighted by molar-refractivity contribution is -0.185. The molecule has 0 bridgehead atoms. The van der Waals surface area contributed by atoms with Gasteiger partial charge < -0.3 is 47.7 Å². The first-order valence-electron chi connectivity index (χ1n) is 16.1. The molecule has 2 aliphatic rings. The van der Waals surface area contributed by atoms with Gasteiger partial charge in [-0.15, -0.1) is 0 Å². The van der Waals surface area contributed by atoms with Crippen LogP contribution >= 0.6 is 11.7 Å². The zero-order valence-corrected chi connectivity index (χ0v) is 30.5. The fraction of sp³-hybridized carbons (Fsp3) is 0.263. The number of aromatic nitrogens is 2. The average molecular weight is 745 g/mol. The molecule has 3 heterocycles. The van der Waals surface area contributed by atoms with E-state index < -0.39 is 11.8 Å². The molecule has 0 saturated heterocycles. The number of cyclic esters (lactones) is 1. The van der Waals surface area contributed by atoms with E-state index in [0.29, 0.717) is 98.1 Å². The predicted molar refractivity (Wildman–Crippen MR) is 193 cm³/mol. The fourth-order valence-corrected chi connectivity index (χ4v) is 6.59. The van der Waals surface area contributed by atoms with Crippen molar-refractivity contribution in [1.82, 2.24) is 8.75 Å². The van der Waals surface area contributed by atoms with E-state index in [-0.39, 0.29) is 12.0 Å². The van der Waals surface area contributed by atoms with E-state index in [0.717, 1.165) is 18.0 Å². The first kappa shape index (κ1) is 36.7. The summed E-state index contributed by atoms with van der Waals surface area (Å²) in [5.74, 6) is 1.02. The molecule has 15 heteroatoms. The molecule has 1 atom stereocenters. The summed E-state index contributed by atoms with van der Waals surface area (Å²) >= 11 is 1.08. The lowest BCUT2D eigenvalue weighted by atomic mass is 9.87. The van der Waals surface area contributed by atoms with Crippen LogP contribution in [0, 0.1) is 0 Å². The molecular weight excluding hydrogens is 708 g/mol. The lowest BCUT2D eigenvalue weighted by Gasteiger charge is -2.27. The van der Waals surface area contributed by atoms with Gasteiger partial charge in [-0.1, -0.05) is 6.07 Å². The number of esters is 1. The van der Waals surface area contributed by atoms with Gasteiger partial charge in [-0.3, -0.25) is 4.79 Å². The van der Waals surface area contributed by atoms with E-state index in [1.165, 1.54) is 42.7 Å². The van der Waals surface area contributed by atoms with Crippen molar-refractivity contribution in [3.8, 4) is 46.0 Å². The number of hydrogen-bond acceptors (Lipinski definition) is 15. The summed E-state index contributed by atoms with van der Waals surface area (Å²) in [6, 6.07) is 17.0. The molecule has 0 fully saturated rings. The maximum Gasteiger partial charge on any atom is 0.342 e. The molecule has 7 rings (SSSR count). The predicted octanol–water partition coefficient (Wildman–Crippen LogP) is 5.41. The number of methoxy groups -OCH3 is 6. The number of carbonyl (C=O) groups excluding carboxylic acids is 2. The van der Waals surface area contributed by atoms with Crippen molar-refractivity contribution in [3.05, 3.63) is 88.5 Å². The Bertz CT molecular complexity index is 2150. The molecule has 0 aliphatic carbocycles. The smallest absolute Gasteiger partial charge is 0.342 e. The average Bonchev–Trinajstić information content (AvgIpc) is 3.77. The van der Waals surface area contributed by atoms with Crippen LogP contribution in [0.25, 0.3) is 16.6 Å². The zero-order valence-electron chi connectivity index (χ0n) is 29.7. The van der Waals surface area contributed by atoms with Crippen LogP contribution in [-0.4, -0.2) is 82.0 Å². The van der Waals surface area contributed by atoms with Gasteiger partial charge in [0.2, 0.25) is 11.5 Å². The molecule has 4 aromatic carbocycles. The first-order chi connectivity index (χ1) is 25.7. The molecule has 1 N–H and O–H groups in total. The highest BCUT2D eigenvalue weighted by Gasteiger charge is 2.48. The van der Waals surface area contributed by atoms with Crippen LogP contribution in [0.2, 0.25) is 0 Å². The Kier molecular flexibility index (Phi) is 10.9. The number of fused-ring (bicyclic) bond motifs is 2. The van der Waals surface area contributed by atoms with Crippen molar-refractivity contribution >= 4 is 40.6 Å². The van der Waals surface area contributed by atoms with Crippen molar-refractivity contribution in [2.45, 2.75) is 12.2 Å². The number of benzene rings is 4. The number of ether oxygens (including phenoxy) is 9. The second-order valence-electron chi connectivity index (χ2n) is 11.5. The molecule has 53 heavy (non-hydrogen) atoms. The van der Waals surface area contributed by atoms with Crippen LogP contribution in [0.3, 0.4) is 0 Å². The highest BCUT2D eigenvalue weighted by Crippen LogP contribution is 2.48. The topological polar surface area (TPSA) is 163 Å². The third-order valence-electron chi connectivity index (χ3n) is 8.56. The molecule has 276 valence electrons. The second kappa shape index (κ2) is 15.7. The highest BCUT2D eigenvalue weighted by atomic mass is 32.1. The summed E-state index contributed by atoms with van der Waals surface area (Å²) in [4.78, 5) is 24.1. The van der Waals surface area contributed by atoms with Crippen LogP contribution in [0.1, 0.15) is 27.0 Å². The van der Waals surface area contributed by atoms with Gasteiger partial charge in [0.1, 0.15) is 30.5 Å². The largest absolute Gasteiger partial charge is 0.493 e. The van der Waals surface area contributed by atoms with Gasteiger partial charge >= 0.3 is 5.97 Å². The monoisotopic (exact) mass is 744 g/mol. The summed E-state index contributed by atoms with van der Waals surface area (Å²) in [5.41, 5.74) is 3.98. The quantitative estimate of drug-likeness (QED) is 0.135. The van der Waals surface area contributed by atoms with Gasteiger partial charge in [0.25, 0.3) is 5.79 Å². The van der Waals surface area contributed by atoms with E-state index in [4.69, 9.17) is 42.6 Å². The Labute approximate surface area is 308 Å². The number of hydrogen-bond donors (Lipinski definition) is 1. The Morgan fingerprint density at radius 2 is 1.32 bits per heavy atom. The molecule has 0 saturated carbocycles. The van der Waals surface area contributed by atoms with Crippen molar-refractivity contribution in [2.75, 3.05) is 55.9 Å². The molecule has 14 nitrogen and oxygen atoms in total. The van der Waals surface area contributed by atoms with Gasteiger partial charge in [0, 0.05) is 23.1 Å². The molecule has 5 aromatic rings. The number of rotatable bonds is 11. The Morgan fingerprint density at radius 1 is 0.736 bits per heavy atom. The van der Waals surface area contributed by atoms with E-state index in [2.05, 4.69) is 8.75 Å². The second-order valence-corrected chi connectivity index (χ2v) is 12.0. The summed E-state index contributed by atoms with van der Waals surface area (Å²) in [5, 5.41) is 12.1. The van der Waals surface area contributed by atoms with E-state index in [1.807, 2.05) is 0 Å². The van der Waals surface area contributed by atoms with Crippen molar-refractivity contribution in [1.29, 1.82) is 0 Å². The van der Waals surface area contributed by atoms with Crippen LogP contribution in [0.15, 0.2) is 66.2 Å². The van der Waals surface area contributed by atoms with Gasteiger partial charge in [0.05, 0.1) is 60.0 Å². The van der Waals surface area contributed by atoms with Crippen LogP contribution in [-0.2, 0) is 21.7 Å². The van der Waals surface area contributed by atoms with Crippen molar-refractivity contribution in [2.24, 2.45) is 0 Å². The van der Waals surface area contributed by atoms with Crippen LogP contribution in [0.5, 0.6) is 46.0 Å². The van der Waals surface area contributed by atoms with Gasteiger partial charge in [-0.2, -0.15) is 8.75 Å². The molecule has 1 aromatic heterocycles. The molecule has 0 amide bonds. The van der Waals surface area contributed by atoms with Crippen molar-refractivity contribution in [3.63, 3.8) is 0 Å². The molecule has 1 unspecified atom stereocenters. The van der Waals surface area contributed by atoms with Crippen LogP contribution < -0.4 is 37.9 Å². The molecule has 0 radical (unpaired) electrons. The lowest BCUT2D eigenvalue weighted by Crippen LogP contribution is -2.30. The Hall–Kier alpha value is -6.06. The normalized spacial score (nSPS) is 15.9. The van der Waals surface area contributed by atoms with Gasteiger partial charge in [0.15, 0.2) is 34.5 Å². The van der Waals surface area contributed by atoms with E-state index in [9.17, 15) is 14.7 Å². The number of aldehydes is 1. The standard InChI is InChI=1S/C28H24N2O8S.C10H12O4/c1-33-23-11-15(12-24(34-2)26(23)35-3)10-18-25(16-4-6-19-20(13-16)30-39-29-19)27(31)38-28(18,32)17-5-7-21-22(14-17)37-9-8-36-21;1-12-8-4-7(6-11)5-9(13-2)10(8)14-3/h4-7,11-14,32H,8-10H2,1-3H3;4-6H,1-3H3. The summed E-state index contributed by atoms with van der Waals surface area (Å²) in [6.07, 6.45) is 0.848. The minimum atomic E-state index is -2.09. The molecule has 2 aliphatic heterocycles. The maximum absolute atomic E-state index is 13.5. The number of carbonyl (C=O) groups is 2. The third kappa shape index (κ3) is 7.08. The summed E-state index contributed by atoms with van der Waals surface area (Å²) in [7, 11) is 9.10.